The monoisotopic (exact) mass is 261 g/mol. The van der Waals surface area contributed by atoms with E-state index >= 15 is 0 Å². The van der Waals surface area contributed by atoms with Gasteiger partial charge in [-0.15, -0.1) is 0 Å². The van der Waals surface area contributed by atoms with Crippen molar-refractivity contribution in [1.82, 2.24) is 0 Å². The first-order chi connectivity index (χ1) is 9.11. The van der Waals surface area contributed by atoms with Crippen molar-refractivity contribution in [2.45, 2.75) is 13.5 Å². The summed E-state index contributed by atoms with van der Waals surface area (Å²) < 4.78 is 10.1. The predicted octanol–water partition coefficient (Wildman–Crippen LogP) is 2.91. The average molecular weight is 261 g/mol. The van der Waals surface area contributed by atoms with Gasteiger partial charge in [0.15, 0.2) is 0 Å². The third-order valence-electron chi connectivity index (χ3n) is 2.82. The van der Waals surface area contributed by atoms with Crippen molar-refractivity contribution >= 4 is 11.7 Å². The largest absolute Gasteiger partial charge is 0.496 e. The Labute approximate surface area is 110 Å². The van der Waals surface area contributed by atoms with Gasteiger partial charge in [0.25, 0.3) is 0 Å². The minimum atomic E-state index is -1.06. The number of carboxylic acids is 1. The van der Waals surface area contributed by atoms with Gasteiger partial charge in [0.05, 0.1) is 13.4 Å². The maximum atomic E-state index is 10.9. The molecule has 0 amide bonds. The molecule has 1 aromatic carbocycles. The first-order valence-corrected chi connectivity index (χ1v) is 5.80. The Morgan fingerprint density at radius 1 is 1.42 bits per heavy atom. The molecule has 0 fully saturated rings. The molecule has 1 heterocycles. The lowest BCUT2D eigenvalue weighted by Crippen LogP contribution is -2.04. The van der Waals surface area contributed by atoms with Gasteiger partial charge in [0.2, 0.25) is 5.76 Å². The third kappa shape index (κ3) is 2.88. The molecule has 0 aliphatic rings. The molecule has 0 radical (unpaired) electrons. The first-order valence-electron chi connectivity index (χ1n) is 5.80. The lowest BCUT2D eigenvalue weighted by Gasteiger charge is -2.09. The number of furan rings is 1. The number of nitrogens with one attached hydrogen (secondary N) is 1. The number of benzene rings is 1. The van der Waals surface area contributed by atoms with Crippen LogP contribution in [0.5, 0.6) is 5.75 Å². The van der Waals surface area contributed by atoms with Gasteiger partial charge in [-0.05, 0) is 36.8 Å². The normalized spacial score (nSPS) is 10.2. The van der Waals surface area contributed by atoms with E-state index in [1.54, 1.807) is 13.2 Å². The molecule has 5 nitrogen and oxygen atoms in total. The van der Waals surface area contributed by atoms with E-state index in [1.165, 1.54) is 6.26 Å². The molecule has 0 unspecified atom stereocenters. The van der Waals surface area contributed by atoms with Crippen LogP contribution in [-0.2, 0) is 6.54 Å². The molecular formula is C14H15NO4. The van der Waals surface area contributed by atoms with Crippen LogP contribution in [0.15, 0.2) is 34.9 Å². The van der Waals surface area contributed by atoms with Gasteiger partial charge in [0, 0.05) is 17.8 Å². The molecule has 0 aliphatic carbocycles. The van der Waals surface area contributed by atoms with E-state index in [9.17, 15) is 4.79 Å². The highest BCUT2D eigenvalue weighted by Crippen LogP contribution is 2.22. The number of methoxy groups -OCH3 is 1. The van der Waals surface area contributed by atoms with Crippen molar-refractivity contribution in [1.29, 1.82) is 0 Å². The van der Waals surface area contributed by atoms with Crippen molar-refractivity contribution in [3.63, 3.8) is 0 Å². The molecule has 0 atom stereocenters. The number of hydrogen-bond donors (Lipinski definition) is 2. The van der Waals surface area contributed by atoms with E-state index in [1.807, 2.05) is 25.1 Å². The second-order valence-corrected chi connectivity index (χ2v) is 4.12. The van der Waals surface area contributed by atoms with Gasteiger partial charge in [-0.25, -0.2) is 4.79 Å². The summed E-state index contributed by atoms with van der Waals surface area (Å²) in [4.78, 5) is 10.9. The molecule has 5 heteroatoms. The Hall–Kier alpha value is -2.43. The van der Waals surface area contributed by atoms with Gasteiger partial charge in [-0.2, -0.15) is 0 Å². The zero-order valence-corrected chi connectivity index (χ0v) is 10.8. The smallest absolute Gasteiger partial charge is 0.372 e. The first kappa shape index (κ1) is 13.0. The van der Waals surface area contributed by atoms with Gasteiger partial charge < -0.3 is 19.6 Å². The van der Waals surface area contributed by atoms with Crippen LogP contribution in [0, 0.1) is 6.92 Å². The second-order valence-electron chi connectivity index (χ2n) is 4.12. The molecule has 0 spiro atoms. The van der Waals surface area contributed by atoms with Crippen LogP contribution in [0.1, 0.15) is 21.7 Å². The highest BCUT2D eigenvalue weighted by Gasteiger charge is 2.13. The van der Waals surface area contributed by atoms with Gasteiger partial charge in [-0.1, -0.05) is 0 Å². The molecular weight excluding hydrogens is 246 g/mol. The number of aromatic carboxylic acids is 1. The number of carboxylic acid groups (broad SMARTS) is 1. The molecule has 2 aromatic rings. The fourth-order valence-corrected chi connectivity index (χ4v) is 1.85. The summed E-state index contributed by atoms with van der Waals surface area (Å²) in [6.45, 7) is 2.34. The summed E-state index contributed by atoms with van der Waals surface area (Å²) in [5.74, 6) is -0.273. The molecule has 0 saturated heterocycles. The maximum Gasteiger partial charge on any atom is 0.372 e. The van der Waals surface area contributed by atoms with Gasteiger partial charge in [0.1, 0.15) is 5.75 Å². The Kier molecular flexibility index (Phi) is 3.75. The summed E-state index contributed by atoms with van der Waals surface area (Å²) in [6.07, 6.45) is 1.37. The van der Waals surface area contributed by atoms with E-state index in [2.05, 4.69) is 5.32 Å². The predicted molar refractivity (Wildman–Crippen MR) is 70.7 cm³/mol. The lowest BCUT2D eigenvalue weighted by atomic mass is 10.2. The van der Waals surface area contributed by atoms with Crippen LogP contribution in [-0.4, -0.2) is 18.2 Å². The van der Waals surface area contributed by atoms with E-state index < -0.39 is 5.97 Å². The van der Waals surface area contributed by atoms with Gasteiger partial charge >= 0.3 is 5.97 Å². The Balaban J connectivity index is 2.08. The standard InChI is InChI=1S/C14H15NO4/c1-9-7-11(3-4-12(9)18-2)15-8-10-5-6-19-13(10)14(16)17/h3-7,15H,8H2,1-2H3,(H,16,17). The van der Waals surface area contributed by atoms with Crippen LogP contribution in [0.25, 0.3) is 0 Å². The molecule has 2 rings (SSSR count). The van der Waals surface area contributed by atoms with E-state index in [4.69, 9.17) is 14.3 Å². The minimum absolute atomic E-state index is 0.0299. The SMILES string of the molecule is COc1ccc(NCc2ccoc2C(=O)O)cc1C. The Morgan fingerprint density at radius 2 is 2.21 bits per heavy atom. The Morgan fingerprint density at radius 3 is 2.84 bits per heavy atom. The molecule has 1 aromatic heterocycles. The highest BCUT2D eigenvalue weighted by atomic mass is 16.5. The van der Waals surface area contributed by atoms with Crippen LogP contribution in [0.3, 0.4) is 0 Å². The van der Waals surface area contributed by atoms with Crippen LogP contribution >= 0.6 is 0 Å². The summed E-state index contributed by atoms with van der Waals surface area (Å²) in [5.41, 5.74) is 2.52. The van der Waals surface area contributed by atoms with Gasteiger partial charge in [-0.3, -0.25) is 0 Å². The highest BCUT2D eigenvalue weighted by molar-refractivity contribution is 5.86. The van der Waals surface area contributed by atoms with E-state index in [0.717, 1.165) is 17.0 Å². The second kappa shape index (κ2) is 5.48. The summed E-state index contributed by atoms with van der Waals surface area (Å²) in [5, 5.41) is 12.1. The van der Waals surface area contributed by atoms with E-state index in [-0.39, 0.29) is 5.76 Å². The fourth-order valence-electron chi connectivity index (χ4n) is 1.85. The topological polar surface area (TPSA) is 71.7 Å². The number of ether oxygens (including phenoxy) is 1. The van der Waals surface area contributed by atoms with Crippen LogP contribution in [0.4, 0.5) is 5.69 Å². The molecule has 0 aliphatic heterocycles. The third-order valence-corrected chi connectivity index (χ3v) is 2.82. The number of carbonyl (C=O) groups is 1. The molecule has 2 N–H and O–H groups in total. The number of aryl methyl sites for hydroxylation is 1. The average Bonchev–Trinajstić information content (AvgIpc) is 2.85. The number of hydrogen-bond acceptors (Lipinski definition) is 4. The molecule has 19 heavy (non-hydrogen) atoms. The summed E-state index contributed by atoms with van der Waals surface area (Å²) >= 11 is 0. The quantitative estimate of drug-likeness (QED) is 0.865. The van der Waals surface area contributed by atoms with Crippen LogP contribution < -0.4 is 10.1 Å². The summed E-state index contributed by atoms with van der Waals surface area (Å²) in [7, 11) is 1.63. The zero-order chi connectivity index (χ0) is 13.8. The van der Waals surface area contributed by atoms with Crippen molar-refractivity contribution in [3.05, 3.63) is 47.4 Å². The van der Waals surface area contributed by atoms with Crippen molar-refractivity contribution in [2.75, 3.05) is 12.4 Å². The zero-order valence-electron chi connectivity index (χ0n) is 10.8. The maximum absolute atomic E-state index is 10.9. The molecule has 0 bridgehead atoms. The lowest BCUT2D eigenvalue weighted by molar-refractivity contribution is 0.0661. The van der Waals surface area contributed by atoms with Crippen molar-refractivity contribution in [2.24, 2.45) is 0 Å². The number of rotatable bonds is 5. The van der Waals surface area contributed by atoms with E-state index in [0.29, 0.717) is 12.1 Å². The molecule has 0 saturated carbocycles. The number of anilines is 1. The van der Waals surface area contributed by atoms with Crippen molar-refractivity contribution in [3.8, 4) is 5.75 Å². The van der Waals surface area contributed by atoms with Crippen LogP contribution in [0.2, 0.25) is 0 Å². The van der Waals surface area contributed by atoms with Crippen molar-refractivity contribution < 1.29 is 19.1 Å². The summed E-state index contributed by atoms with van der Waals surface area (Å²) in [6, 6.07) is 7.34. The Bertz CT molecular complexity index is 589. The molecule has 100 valence electrons. The minimum Gasteiger partial charge on any atom is -0.496 e. The fraction of sp³-hybridized carbons (Fsp3) is 0.214.